The van der Waals surface area contributed by atoms with Gasteiger partial charge >= 0.3 is 0 Å². The Bertz CT molecular complexity index is 838. The first-order valence-corrected chi connectivity index (χ1v) is 9.01. The minimum absolute atomic E-state index is 0.0541. The van der Waals surface area contributed by atoms with Gasteiger partial charge in [0.2, 0.25) is 11.1 Å². The molecule has 25 heavy (non-hydrogen) atoms. The molecule has 8 heteroatoms. The predicted octanol–water partition coefficient (Wildman–Crippen LogP) is 3.29. The van der Waals surface area contributed by atoms with Crippen LogP contribution in [0.5, 0.6) is 0 Å². The number of thioether (sulfide) groups is 1. The summed E-state index contributed by atoms with van der Waals surface area (Å²) in [5.41, 5.74) is 1.85. The van der Waals surface area contributed by atoms with Crippen LogP contribution in [0, 0.1) is 0 Å². The molecule has 3 rings (SSSR count). The van der Waals surface area contributed by atoms with Crippen LogP contribution in [0.2, 0.25) is 5.02 Å². The Morgan fingerprint density at radius 2 is 1.92 bits per heavy atom. The molecule has 6 nitrogen and oxygen atoms in total. The number of carbonyl (C=O) groups excluding carboxylic acids is 1. The highest BCUT2D eigenvalue weighted by Gasteiger charge is 2.13. The van der Waals surface area contributed by atoms with E-state index in [4.69, 9.17) is 11.6 Å². The fourth-order valence-corrected chi connectivity index (χ4v) is 3.08. The van der Waals surface area contributed by atoms with E-state index in [-0.39, 0.29) is 17.7 Å². The molecule has 0 saturated carbocycles. The van der Waals surface area contributed by atoms with E-state index in [2.05, 4.69) is 20.8 Å². The number of tetrazole rings is 1. The lowest BCUT2D eigenvalue weighted by Crippen LogP contribution is -2.28. The quantitative estimate of drug-likeness (QED) is 0.671. The predicted molar refractivity (Wildman–Crippen MR) is 97.9 cm³/mol. The van der Waals surface area contributed by atoms with Crippen molar-refractivity contribution in [2.24, 2.45) is 0 Å². The number of halogens is 1. The Morgan fingerprint density at radius 1 is 1.20 bits per heavy atom. The lowest BCUT2D eigenvalue weighted by atomic mass is 10.1. The maximum atomic E-state index is 12.2. The van der Waals surface area contributed by atoms with E-state index < -0.39 is 0 Å². The van der Waals surface area contributed by atoms with Gasteiger partial charge in [-0.2, -0.15) is 4.68 Å². The van der Waals surface area contributed by atoms with Crippen molar-refractivity contribution in [3.05, 3.63) is 65.2 Å². The minimum Gasteiger partial charge on any atom is -0.349 e. The molecule has 0 spiro atoms. The van der Waals surface area contributed by atoms with Crippen LogP contribution in [-0.2, 0) is 4.79 Å². The van der Waals surface area contributed by atoms with Crippen LogP contribution >= 0.6 is 23.4 Å². The smallest absolute Gasteiger partial charge is 0.230 e. The number of rotatable bonds is 6. The molecular weight excluding hydrogens is 358 g/mol. The fraction of sp³-hybridized carbons (Fsp3) is 0.176. The second kappa shape index (κ2) is 8.13. The molecule has 0 aliphatic carbocycles. The Hall–Kier alpha value is -2.38. The number of carbonyl (C=O) groups is 1. The van der Waals surface area contributed by atoms with Crippen molar-refractivity contribution in [3.63, 3.8) is 0 Å². The topological polar surface area (TPSA) is 72.7 Å². The summed E-state index contributed by atoms with van der Waals surface area (Å²) in [5.74, 6) is 0.150. The summed E-state index contributed by atoms with van der Waals surface area (Å²) in [5, 5.41) is 15.8. The number of aromatic nitrogens is 4. The third-order valence-corrected chi connectivity index (χ3v) is 4.69. The Labute approximate surface area is 154 Å². The average molecular weight is 374 g/mol. The minimum atomic E-state index is -0.0768. The van der Waals surface area contributed by atoms with E-state index in [1.165, 1.54) is 11.8 Å². The lowest BCUT2D eigenvalue weighted by molar-refractivity contribution is -0.119. The van der Waals surface area contributed by atoms with Gasteiger partial charge in [-0.3, -0.25) is 4.79 Å². The fourth-order valence-electron chi connectivity index (χ4n) is 2.25. The molecule has 1 heterocycles. The summed E-state index contributed by atoms with van der Waals surface area (Å²) in [6.45, 7) is 1.95. The van der Waals surface area contributed by atoms with E-state index in [1.807, 2.05) is 49.4 Å². The molecule has 128 valence electrons. The molecule has 1 atom stereocenters. The Balaban J connectivity index is 1.60. The van der Waals surface area contributed by atoms with E-state index in [9.17, 15) is 4.79 Å². The van der Waals surface area contributed by atoms with Crippen molar-refractivity contribution in [2.75, 3.05) is 5.75 Å². The number of benzene rings is 2. The lowest BCUT2D eigenvalue weighted by Gasteiger charge is -2.13. The van der Waals surface area contributed by atoms with Crippen LogP contribution in [-0.4, -0.2) is 31.9 Å². The molecule has 0 fully saturated rings. The van der Waals surface area contributed by atoms with Crippen molar-refractivity contribution < 1.29 is 4.79 Å². The molecule has 0 bridgehead atoms. The van der Waals surface area contributed by atoms with Gasteiger partial charge in [0.05, 0.1) is 17.5 Å². The first-order chi connectivity index (χ1) is 12.1. The Kier molecular flexibility index (Phi) is 5.67. The summed E-state index contributed by atoms with van der Waals surface area (Å²) in [6.07, 6.45) is 0. The first-order valence-electron chi connectivity index (χ1n) is 7.65. The van der Waals surface area contributed by atoms with Crippen molar-refractivity contribution >= 4 is 29.3 Å². The maximum absolute atomic E-state index is 12.2. The summed E-state index contributed by atoms with van der Waals surface area (Å²) in [7, 11) is 0. The molecule has 0 unspecified atom stereocenters. The van der Waals surface area contributed by atoms with Gasteiger partial charge in [0.1, 0.15) is 0 Å². The molecule has 1 aromatic heterocycles. The van der Waals surface area contributed by atoms with Crippen molar-refractivity contribution in [3.8, 4) is 5.69 Å². The van der Waals surface area contributed by atoms with E-state index in [0.29, 0.717) is 10.2 Å². The van der Waals surface area contributed by atoms with Gasteiger partial charge in [-0.1, -0.05) is 53.7 Å². The van der Waals surface area contributed by atoms with E-state index >= 15 is 0 Å². The molecule has 1 N–H and O–H groups in total. The summed E-state index contributed by atoms with van der Waals surface area (Å²) < 4.78 is 1.58. The molecule has 2 aromatic carbocycles. The Morgan fingerprint density at radius 3 is 2.64 bits per heavy atom. The van der Waals surface area contributed by atoms with Gasteiger partial charge in [-0.25, -0.2) is 0 Å². The zero-order valence-electron chi connectivity index (χ0n) is 13.5. The van der Waals surface area contributed by atoms with Crippen molar-refractivity contribution in [2.45, 2.75) is 18.1 Å². The second-order valence-corrected chi connectivity index (χ2v) is 6.72. The summed E-state index contributed by atoms with van der Waals surface area (Å²) >= 11 is 7.18. The van der Waals surface area contributed by atoms with Gasteiger partial charge in [0.25, 0.3) is 0 Å². The molecule has 0 aliphatic heterocycles. The third-order valence-electron chi connectivity index (χ3n) is 3.52. The standard InChI is InChI=1S/C17H16ClN5OS/c1-12(13-5-3-2-4-6-13)19-16(24)11-25-17-20-21-22-23(17)15-9-7-14(18)8-10-15/h2-10,12H,11H2,1H3,(H,19,24)/t12-/m1/s1. The first kappa shape index (κ1) is 17.4. The van der Waals surface area contributed by atoms with Gasteiger partial charge in [-0.15, -0.1) is 5.10 Å². The maximum Gasteiger partial charge on any atom is 0.230 e. The van der Waals surface area contributed by atoms with Crippen LogP contribution in [0.25, 0.3) is 5.69 Å². The van der Waals surface area contributed by atoms with E-state index in [0.717, 1.165) is 11.3 Å². The highest BCUT2D eigenvalue weighted by molar-refractivity contribution is 7.99. The second-order valence-electron chi connectivity index (χ2n) is 5.34. The van der Waals surface area contributed by atoms with Gasteiger partial charge in [0, 0.05) is 5.02 Å². The largest absolute Gasteiger partial charge is 0.349 e. The van der Waals surface area contributed by atoms with Crippen LogP contribution in [0.3, 0.4) is 0 Å². The molecule has 0 radical (unpaired) electrons. The number of nitrogens with one attached hydrogen (secondary N) is 1. The summed E-state index contributed by atoms with van der Waals surface area (Å²) in [4.78, 5) is 12.2. The van der Waals surface area contributed by atoms with Crippen LogP contribution in [0.4, 0.5) is 0 Å². The number of nitrogens with zero attached hydrogens (tertiary/aromatic N) is 4. The zero-order valence-corrected chi connectivity index (χ0v) is 15.0. The molecule has 0 saturated heterocycles. The average Bonchev–Trinajstić information content (AvgIpc) is 3.10. The zero-order chi connectivity index (χ0) is 17.6. The highest BCUT2D eigenvalue weighted by atomic mass is 35.5. The van der Waals surface area contributed by atoms with E-state index in [1.54, 1.807) is 16.8 Å². The molecule has 1 amide bonds. The van der Waals surface area contributed by atoms with Crippen molar-refractivity contribution in [1.29, 1.82) is 0 Å². The number of amides is 1. The SMILES string of the molecule is C[C@@H](NC(=O)CSc1nnnn1-c1ccc(Cl)cc1)c1ccccc1. The number of hydrogen-bond acceptors (Lipinski definition) is 5. The molecule has 3 aromatic rings. The number of hydrogen-bond donors (Lipinski definition) is 1. The normalized spacial score (nSPS) is 11.9. The monoisotopic (exact) mass is 373 g/mol. The van der Waals surface area contributed by atoms with Gasteiger partial charge in [0.15, 0.2) is 0 Å². The summed E-state index contributed by atoms with van der Waals surface area (Å²) in [6, 6.07) is 16.9. The molecular formula is C17H16ClN5OS. The van der Waals surface area contributed by atoms with Crippen LogP contribution in [0.15, 0.2) is 59.8 Å². The van der Waals surface area contributed by atoms with Gasteiger partial charge < -0.3 is 5.32 Å². The molecule has 0 aliphatic rings. The van der Waals surface area contributed by atoms with Crippen molar-refractivity contribution in [1.82, 2.24) is 25.5 Å². The highest BCUT2D eigenvalue weighted by Crippen LogP contribution is 2.20. The van der Waals surface area contributed by atoms with Crippen LogP contribution < -0.4 is 5.32 Å². The van der Waals surface area contributed by atoms with Crippen LogP contribution in [0.1, 0.15) is 18.5 Å². The third kappa shape index (κ3) is 4.58. The van der Waals surface area contributed by atoms with Gasteiger partial charge in [-0.05, 0) is 47.2 Å².